The number of para-hydroxylation sites is 1. The van der Waals surface area contributed by atoms with Crippen molar-refractivity contribution in [2.24, 2.45) is 10.9 Å². The number of nitrogens with two attached hydrogens (primary N) is 1. The van der Waals surface area contributed by atoms with Gasteiger partial charge >= 0.3 is 0 Å². The maximum atomic E-state index is 8.75. The van der Waals surface area contributed by atoms with Crippen LogP contribution in [0.3, 0.4) is 0 Å². The summed E-state index contributed by atoms with van der Waals surface area (Å²) >= 11 is 6.11. The van der Waals surface area contributed by atoms with Crippen molar-refractivity contribution >= 4 is 17.4 Å². The standard InChI is InChI=1S/C14H13ClN2O2/c1-9-6-7-13(11(15)8-9)19-12-5-3-2-4-10(12)14(16)17-18/h2-8,18H,1H3,(H2,16,17). The highest BCUT2D eigenvalue weighted by Crippen LogP contribution is 2.31. The third-order valence-electron chi connectivity index (χ3n) is 2.58. The number of nitrogens with zero attached hydrogens (tertiary/aromatic N) is 1. The molecule has 0 bridgehead atoms. The van der Waals surface area contributed by atoms with Crippen LogP contribution in [0.1, 0.15) is 11.1 Å². The van der Waals surface area contributed by atoms with Crippen LogP contribution < -0.4 is 10.5 Å². The van der Waals surface area contributed by atoms with Crippen LogP contribution >= 0.6 is 11.6 Å². The van der Waals surface area contributed by atoms with Crippen molar-refractivity contribution in [3.8, 4) is 11.5 Å². The largest absolute Gasteiger partial charge is 0.455 e. The first-order valence-electron chi connectivity index (χ1n) is 5.62. The summed E-state index contributed by atoms with van der Waals surface area (Å²) < 4.78 is 5.71. The predicted molar refractivity (Wildman–Crippen MR) is 75.2 cm³/mol. The van der Waals surface area contributed by atoms with Crippen molar-refractivity contribution in [2.75, 3.05) is 0 Å². The number of amidine groups is 1. The number of rotatable bonds is 3. The zero-order valence-electron chi connectivity index (χ0n) is 10.3. The second-order valence-corrected chi connectivity index (χ2v) is 4.42. The van der Waals surface area contributed by atoms with Gasteiger partial charge in [0.2, 0.25) is 0 Å². The highest BCUT2D eigenvalue weighted by molar-refractivity contribution is 6.32. The van der Waals surface area contributed by atoms with Crippen molar-refractivity contribution in [1.82, 2.24) is 0 Å². The van der Waals surface area contributed by atoms with Crippen LogP contribution in [-0.2, 0) is 0 Å². The number of hydrogen-bond donors (Lipinski definition) is 2. The molecule has 0 aliphatic carbocycles. The Morgan fingerprint density at radius 2 is 1.95 bits per heavy atom. The molecule has 0 fully saturated rings. The number of oxime groups is 1. The van der Waals surface area contributed by atoms with Crippen molar-refractivity contribution in [3.05, 3.63) is 58.6 Å². The normalized spacial score (nSPS) is 11.4. The van der Waals surface area contributed by atoms with E-state index in [0.717, 1.165) is 5.56 Å². The van der Waals surface area contributed by atoms with Gasteiger partial charge in [0.1, 0.15) is 11.5 Å². The maximum absolute atomic E-state index is 8.75. The van der Waals surface area contributed by atoms with Gasteiger partial charge in [0.25, 0.3) is 0 Å². The van der Waals surface area contributed by atoms with Crippen LogP contribution in [0.25, 0.3) is 0 Å². The fourth-order valence-corrected chi connectivity index (χ4v) is 1.90. The molecule has 4 nitrogen and oxygen atoms in total. The molecular formula is C14H13ClN2O2. The highest BCUT2D eigenvalue weighted by Gasteiger charge is 2.10. The van der Waals surface area contributed by atoms with E-state index in [-0.39, 0.29) is 5.84 Å². The van der Waals surface area contributed by atoms with Crippen molar-refractivity contribution in [2.45, 2.75) is 6.92 Å². The van der Waals surface area contributed by atoms with E-state index in [0.29, 0.717) is 22.1 Å². The third kappa shape index (κ3) is 2.98. The summed E-state index contributed by atoms with van der Waals surface area (Å²) in [6.07, 6.45) is 0. The Balaban J connectivity index is 2.38. The van der Waals surface area contributed by atoms with Crippen molar-refractivity contribution in [3.63, 3.8) is 0 Å². The van der Waals surface area contributed by atoms with E-state index in [1.54, 1.807) is 30.3 Å². The van der Waals surface area contributed by atoms with E-state index in [1.165, 1.54) is 0 Å². The second kappa shape index (κ2) is 5.63. The monoisotopic (exact) mass is 276 g/mol. The van der Waals surface area contributed by atoms with Crippen LogP contribution in [0, 0.1) is 6.92 Å². The lowest BCUT2D eigenvalue weighted by molar-refractivity contribution is 0.318. The minimum Gasteiger partial charge on any atom is -0.455 e. The molecular weight excluding hydrogens is 264 g/mol. The number of halogens is 1. The molecule has 2 aromatic carbocycles. The predicted octanol–water partition coefficient (Wildman–Crippen LogP) is 3.54. The lowest BCUT2D eigenvalue weighted by atomic mass is 10.2. The van der Waals surface area contributed by atoms with E-state index in [4.69, 9.17) is 27.3 Å². The number of aryl methyl sites for hydroxylation is 1. The Hall–Kier alpha value is -2.20. The van der Waals surface area contributed by atoms with Gasteiger partial charge in [0, 0.05) is 0 Å². The van der Waals surface area contributed by atoms with E-state index < -0.39 is 0 Å². The topological polar surface area (TPSA) is 67.8 Å². The first-order valence-corrected chi connectivity index (χ1v) is 6.00. The zero-order chi connectivity index (χ0) is 13.8. The molecule has 0 spiro atoms. The van der Waals surface area contributed by atoms with Crippen molar-refractivity contribution < 1.29 is 9.94 Å². The molecule has 0 heterocycles. The zero-order valence-corrected chi connectivity index (χ0v) is 11.1. The molecule has 0 atom stereocenters. The fourth-order valence-electron chi connectivity index (χ4n) is 1.63. The van der Waals surface area contributed by atoms with E-state index >= 15 is 0 Å². The molecule has 19 heavy (non-hydrogen) atoms. The summed E-state index contributed by atoms with van der Waals surface area (Å²) in [5, 5.41) is 12.2. The molecule has 98 valence electrons. The van der Waals surface area contributed by atoms with Crippen molar-refractivity contribution in [1.29, 1.82) is 0 Å². The minimum absolute atomic E-state index is 0.0150. The summed E-state index contributed by atoms with van der Waals surface area (Å²) in [7, 11) is 0. The molecule has 0 saturated heterocycles. The first kappa shape index (κ1) is 13.2. The van der Waals surface area contributed by atoms with Crippen LogP contribution in [0.2, 0.25) is 5.02 Å². The summed E-state index contributed by atoms with van der Waals surface area (Å²) in [6.45, 7) is 1.94. The second-order valence-electron chi connectivity index (χ2n) is 4.02. The summed E-state index contributed by atoms with van der Waals surface area (Å²) in [4.78, 5) is 0. The summed E-state index contributed by atoms with van der Waals surface area (Å²) in [6, 6.07) is 12.5. The Kier molecular flexibility index (Phi) is 3.92. The SMILES string of the molecule is Cc1ccc(Oc2ccccc2C(N)=NO)c(Cl)c1. The molecule has 0 amide bonds. The lowest BCUT2D eigenvalue weighted by Gasteiger charge is -2.11. The average Bonchev–Trinajstić information content (AvgIpc) is 2.41. The average molecular weight is 277 g/mol. The molecule has 0 radical (unpaired) electrons. The van der Waals surface area contributed by atoms with Crippen LogP contribution in [0.5, 0.6) is 11.5 Å². The van der Waals surface area contributed by atoms with Gasteiger partial charge in [0.05, 0.1) is 10.6 Å². The van der Waals surface area contributed by atoms with Gasteiger partial charge < -0.3 is 15.7 Å². The van der Waals surface area contributed by atoms with E-state index in [2.05, 4.69) is 5.16 Å². The Morgan fingerprint density at radius 1 is 1.21 bits per heavy atom. The molecule has 0 aliphatic rings. The number of ether oxygens (including phenoxy) is 1. The molecule has 5 heteroatoms. The maximum Gasteiger partial charge on any atom is 0.173 e. The van der Waals surface area contributed by atoms with Gasteiger partial charge in [-0.3, -0.25) is 0 Å². The van der Waals surface area contributed by atoms with E-state index in [9.17, 15) is 0 Å². The smallest absolute Gasteiger partial charge is 0.173 e. The van der Waals surface area contributed by atoms with Gasteiger partial charge in [-0.25, -0.2) is 0 Å². The Bertz CT molecular complexity index is 627. The fraction of sp³-hybridized carbons (Fsp3) is 0.0714. The molecule has 0 aliphatic heterocycles. The first-order chi connectivity index (χ1) is 9.11. The third-order valence-corrected chi connectivity index (χ3v) is 2.87. The molecule has 0 aromatic heterocycles. The van der Waals surface area contributed by atoms with Crippen LogP contribution in [-0.4, -0.2) is 11.0 Å². The summed E-state index contributed by atoms with van der Waals surface area (Å²) in [5.41, 5.74) is 7.14. The Morgan fingerprint density at radius 3 is 2.63 bits per heavy atom. The van der Waals surface area contributed by atoms with Gasteiger partial charge in [-0.15, -0.1) is 0 Å². The summed E-state index contributed by atoms with van der Waals surface area (Å²) in [5.74, 6) is 0.979. The minimum atomic E-state index is -0.0150. The van der Waals surface area contributed by atoms with Gasteiger partial charge in [0.15, 0.2) is 5.84 Å². The van der Waals surface area contributed by atoms with Gasteiger partial charge in [-0.1, -0.05) is 35.0 Å². The quantitative estimate of drug-likeness (QED) is 0.390. The highest BCUT2D eigenvalue weighted by atomic mass is 35.5. The van der Waals surface area contributed by atoms with Gasteiger partial charge in [-0.2, -0.15) is 0 Å². The number of hydrogen-bond acceptors (Lipinski definition) is 3. The molecule has 0 saturated carbocycles. The molecule has 2 aromatic rings. The Labute approximate surface area is 116 Å². The molecule has 3 N–H and O–H groups in total. The molecule has 0 unspecified atom stereocenters. The van der Waals surface area contributed by atoms with Gasteiger partial charge in [-0.05, 0) is 36.8 Å². The van der Waals surface area contributed by atoms with Crippen LogP contribution in [0.15, 0.2) is 47.6 Å². The van der Waals surface area contributed by atoms with E-state index in [1.807, 2.05) is 19.1 Å². The number of benzene rings is 2. The molecule has 2 rings (SSSR count). The van der Waals surface area contributed by atoms with Crippen LogP contribution in [0.4, 0.5) is 0 Å². The lowest BCUT2D eigenvalue weighted by Crippen LogP contribution is -2.14.